The van der Waals surface area contributed by atoms with Crippen LogP contribution in [-0.2, 0) is 16.6 Å². The van der Waals surface area contributed by atoms with Gasteiger partial charge in [-0.3, -0.25) is 4.79 Å². The minimum Gasteiger partial charge on any atom is -0.339 e. The van der Waals surface area contributed by atoms with Gasteiger partial charge in [-0.05, 0) is 54.2 Å². The first-order valence-corrected chi connectivity index (χ1v) is 10.8. The molecule has 1 saturated heterocycles. The number of likely N-dealkylation sites (tertiary alicyclic amines) is 1. The minimum absolute atomic E-state index is 0.0462. The van der Waals surface area contributed by atoms with Crippen LogP contribution in [0.25, 0.3) is 0 Å². The number of rotatable bonds is 6. The van der Waals surface area contributed by atoms with E-state index in [2.05, 4.69) is 18.6 Å². The molecule has 0 unspecified atom stereocenters. The van der Waals surface area contributed by atoms with Gasteiger partial charge in [0.1, 0.15) is 0 Å². The fourth-order valence-corrected chi connectivity index (χ4v) is 4.18. The van der Waals surface area contributed by atoms with Crippen molar-refractivity contribution in [1.29, 1.82) is 0 Å². The third-order valence-corrected chi connectivity index (χ3v) is 6.33. The summed E-state index contributed by atoms with van der Waals surface area (Å²) in [4.78, 5) is 14.5. The molecule has 27 heavy (non-hydrogen) atoms. The van der Waals surface area contributed by atoms with Crippen molar-refractivity contribution in [2.45, 2.75) is 44.0 Å². The molecule has 1 N–H and O–H groups in total. The van der Waals surface area contributed by atoms with Crippen molar-refractivity contribution in [2.75, 3.05) is 13.1 Å². The van der Waals surface area contributed by atoms with Gasteiger partial charge in [0.15, 0.2) is 0 Å². The zero-order chi connectivity index (χ0) is 19.4. The van der Waals surface area contributed by atoms with Crippen LogP contribution in [0, 0.1) is 0 Å². The molecule has 1 aliphatic rings. The van der Waals surface area contributed by atoms with E-state index in [9.17, 15) is 13.2 Å². The Morgan fingerprint density at radius 1 is 1.00 bits per heavy atom. The first kappa shape index (κ1) is 19.6. The Hall–Kier alpha value is -2.18. The molecule has 0 saturated carbocycles. The summed E-state index contributed by atoms with van der Waals surface area (Å²) in [5.41, 5.74) is 2.57. The second-order valence-electron chi connectivity index (χ2n) is 7.24. The van der Waals surface area contributed by atoms with E-state index in [4.69, 9.17) is 0 Å². The number of nitrogens with zero attached hydrogens (tertiary/aromatic N) is 1. The summed E-state index contributed by atoms with van der Waals surface area (Å²) in [6.45, 7) is 5.96. The lowest BCUT2D eigenvalue weighted by atomic mass is 10.0. The Balaban J connectivity index is 1.62. The monoisotopic (exact) mass is 386 g/mol. The lowest BCUT2D eigenvalue weighted by molar-refractivity contribution is 0.0793. The van der Waals surface area contributed by atoms with Gasteiger partial charge in [-0.15, -0.1) is 0 Å². The molecule has 5 nitrogen and oxygen atoms in total. The van der Waals surface area contributed by atoms with Crippen LogP contribution in [0.3, 0.4) is 0 Å². The third-order valence-electron chi connectivity index (χ3n) is 4.92. The molecule has 1 aliphatic heterocycles. The topological polar surface area (TPSA) is 66.5 Å². The minimum atomic E-state index is -3.57. The van der Waals surface area contributed by atoms with E-state index in [1.165, 1.54) is 0 Å². The van der Waals surface area contributed by atoms with E-state index in [1.54, 1.807) is 36.4 Å². The van der Waals surface area contributed by atoms with E-state index < -0.39 is 10.0 Å². The van der Waals surface area contributed by atoms with Crippen molar-refractivity contribution < 1.29 is 13.2 Å². The highest BCUT2D eigenvalue weighted by atomic mass is 32.2. The molecular weight excluding hydrogens is 360 g/mol. The fraction of sp³-hybridized carbons (Fsp3) is 0.381. The van der Waals surface area contributed by atoms with Gasteiger partial charge >= 0.3 is 0 Å². The Morgan fingerprint density at radius 3 is 2.15 bits per heavy atom. The van der Waals surface area contributed by atoms with E-state index in [-0.39, 0.29) is 17.3 Å². The Bertz CT molecular complexity index is 882. The van der Waals surface area contributed by atoms with Crippen LogP contribution >= 0.6 is 0 Å². The SMILES string of the molecule is CC(C)c1ccc(S(=O)(=O)NCc2ccc(C(=O)N3CCCC3)cc2)cc1. The van der Waals surface area contributed by atoms with E-state index in [1.807, 2.05) is 17.0 Å². The maximum absolute atomic E-state index is 12.5. The van der Waals surface area contributed by atoms with Gasteiger partial charge < -0.3 is 4.90 Å². The molecule has 1 amide bonds. The van der Waals surface area contributed by atoms with E-state index >= 15 is 0 Å². The highest BCUT2D eigenvalue weighted by Crippen LogP contribution is 2.18. The van der Waals surface area contributed by atoms with Crippen LogP contribution < -0.4 is 4.72 Å². The van der Waals surface area contributed by atoms with Crippen LogP contribution in [0.2, 0.25) is 0 Å². The first-order chi connectivity index (χ1) is 12.9. The molecule has 0 atom stereocenters. The van der Waals surface area contributed by atoms with Gasteiger partial charge in [0, 0.05) is 25.2 Å². The van der Waals surface area contributed by atoms with Gasteiger partial charge in [-0.2, -0.15) is 0 Å². The quantitative estimate of drug-likeness (QED) is 0.826. The van der Waals surface area contributed by atoms with Gasteiger partial charge in [-0.25, -0.2) is 13.1 Å². The van der Waals surface area contributed by atoms with Crippen LogP contribution in [-0.4, -0.2) is 32.3 Å². The van der Waals surface area contributed by atoms with Crippen LogP contribution in [0.5, 0.6) is 0 Å². The number of sulfonamides is 1. The average molecular weight is 387 g/mol. The molecule has 3 rings (SSSR count). The summed E-state index contributed by atoms with van der Waals surface area (Å²) in [7, 11) is -3.57. The van der Waals surface area contributed by atoms with Crippen molar-refractivity contribution in [3.63, 3.8) is 0 Å². The van der Waals surface area contributed by atoms with Gasteiger partial charge in [-0.1, -0.05) is 38.1 Å². The largest absolute Gasteiger partial charge is 0.339 e. The molecule has 0 spiro atoms. The predicted octanol–water partition coefficient (Wildman–Crippen LogP) is 3.52. The summed E-state index contributed by atoms with van der Waals surface area (Å²) in [6.07, 6.45) is 2.12. The Labute approximate surface area is 161 Å². The average Bonchev–Trinajstić information content (AvgIpc) is 3.21. The summed E-state index contributed by atoms with van der Waals surface area (Å²) in [6, 6.07) is 14.1. The lowest BCUT2D eigenvalue weighted by Crippen LogP contribution is -2.27. The normalized spacial score (nSPS) is 14.7. The van der Waals surface area contributed by atoms with Crippen LogP contribution in [0.4, 0.5) is 0 Å². The van der Waals surface area contributed by atoms with Gasteiger partial charge in [0.2, 0.25) is 10.0 Å². The number of nitrogens with one attached hydrogen (secondary N) is 1. The molecule has 0 aromatic heterocycles. The standard InChI is InChI=1S/C21H26N2O3S/c1-16(2)18-9-11-20(12-10-18)27(25,26)22-15-17-5-7-19(8-6-17)21(24)23-13-3-4-14-23/h5-12,16,22H,3-4,13-15H2,1-2H3. The summed E-state index contributed by atoms with van der Waals surface area (Å²) < 4.78 is 27.5. The molecular formula is C21H26N2O3S. The lowest BCUT2D eigenvalue weighted by Gasteiger charge is -2.15. The molecule has 1 fully saturated rings. The molecule has 144 valence electrons. The number of amides is 1. The second-order valence-corrected chi connectivity index (χ2v) is 9.01. The zero-order valence-electron chi connectivity index (χ0n) is 15.8. The Morgan fingerprint density at radius 2 is 1.59 bits per heavy atom. The smallest absolute Gasteiger partial charge is 0.253 e. The predicted molar refractivity (Wildman–Crippen MR) is 106 cm³/mol. The second kappa shape index (κ2) is 8.23. The highest BCUT2D eigenvalue weighted by Gasteiger charge is 2.19. The molecule has 0 aliphatic carbocycles. The van der Waals surface area contributed by atoms with Crippen LogP contribution in [0.1, 0.15) is 54.1 Å². The molecule has 0 bridgehead atoms. The number of hydrogen-bond donors (Lipinski definition) is 1. The van der Waals surface area contributed by atoms with Crippen molar-refractivity contribution in [1.82, 2.24) is 9.62 Å². The summed E-state index contributed by atoms with van der Waals surface area (Å²) in [5.74, 6) is 0.404. The zero-order valence-corrected chi connectivity index (χ0v) is 16.6. The maximum Gasteiger partial charge on any atom is 0.253 e. The molecule has 1 heterocycles. The van der Waals surface area contributed by atoms with Crippen molar-refractivity contribution >= 4 is 15.9 Å². The van der Waals surface area contributed by atoms with Crippen molar-refractivity contribution in [2.24, 2.45) is 0 Å². The van der Waals surface area contributed by atoms with Crippen molar-refractivity contribution in [3.8, 4) is 0 Å². The van der Waals surface area contributed by atoms with Crippen molar-refractivity contribution in [3.05, 3.63) is 65.2 Å². The highest BCUT2D eigenvalue weighted by molar-refractivity contribution is 7.89. The molecule has 2 aromatic rings. The number of carbonyl (C=O) groups excluding carboxylic acids is 1. The van der Waals surface area contributed by atoms with E-state index in [0.717, 1.165) is 37.1 Å². The fourth-order valence-electron chi connectivity index (χ4n) is 3.16. The van der Waals surface area contributed by atoms with E-state index in [0.29, 0.717) is 11.5 Å². The van der Waals surface area contributed by atoms with Gasteiger partial charge in [0.05, 0.1) is 4.90 Å². The number of hydrogen-bond acceptors (Lipinski definition) is 3. The third kappa shape index (κ3) is 4.76. The maximum atomic E-state index is 12.5. The number of benzene rings is 2. The van der Waals surface area contributed by atoms with Gasteiger partial charge in [0.25, 0.3) is 5.91 Å². The molecule has 2 aromatic carbocycles. The molecule has 0 radical (unpaired) electrons. The summed E-state index contributed by atoms with van der Waals surface area (Å²) >= 11 is 0. The Kier molecular flexibility index (Phi) is 5.97. The number of carbonyl (C=O) groups is 1. The molecule has 6 heteroatoms. The summed E-state index contributed by atoms with van der Waals surface area (Å²) in [5, 5.41) is 0. The first-order valence-electron chi connectivity index (χ1n) is 9.34. The van der Waals surface area contributed by atoms with Crippen LogP contribution in [0.15, 0.2) is 53.4 Å².